The fourth-order valence-corrected chi connectivity index (χ4v) is 4.16. The smallest absolute Gasteiger partial charge is 0.237 e. The van der Waals surface area contributed by atoms with Gasteiger partial charge in [-0.05, 0) is 55.5 Å². The number of hydrogen-bond donors (Lipinski definition) is 2. The number of nitrogens with two attached hydrogens (primary N) is 1. The first kappa shape index (κ1) is 23.4. The number of ether oxygens (including phenoxy) is 1. The summed E-state index contributed by atoms with van der Waals surface area (Å²) in [4.78, 5) is 17.1. The topological polar surface area (TPSA) is 138 Å². The van der Waals surface area contributed by atoms with Gasteiger partial charge in [-0.1, -0.05) is 30.0 Å². The van der Waals surface area contributed by atoms with Crippen molar-refractivity contribution < 1.29 is 13.9 Å². The normalized spacial score (nSPS) is 11.2. The molecule has 0 saturated carbocycles. The number of furan rings is 1. The van der Waals surface area contributed by atoms with Gasteiger partial charge in [0.15, 0.2) is 0 Å². The molecule has 35 heavy (non-hydrogen) atoms. The van der Waals surface area contributed by atoms with Crippen molar-refractivity contribution in [2.75, 3.05) is 11.1 Å². The van der Waals surface area contributed by atoms with Crippen molar-refractivity contribution in [3.63, 3.8) is 0 Å². The summed E-state index contributed by atoms with van der Waals surface area (Å²) in [6, 6.07) is 23.7. The predicted octanol–water partition coefficient (Wildman–Crippen LogP) is 5.58. The second-order valence-corrected chi connectivity index (χ2v) is 8.65. The van der Waals surface area contributed by atoms with E-state index in [1.165, 1.54) is 6.26 Å². The van der Waals surface area contributed by atoms with Crippen LogP contribution in [0.3, 0.4) is 0 Å². The monoisotopic (exact) mass is 481 g/mol. The van der Waals surface area contributed by atoms with E-state index < -0.39 is 5.25 Å². The molecule has 0 aliphatic carbocycles. The van der Waals surface area contributed by atoms with Gasteiger partial charge in [0.1, 0.15) is 45.8 Å². The van der Waals surface area contributed by atoms with Gasteiger partial charge in [0.2, 0.25) is 5.91 Å². The Bertz CT molecular complexity index is 1420. The molecule has 2 heterocycles. The highest BCUT2D eigenvalue weighted by atomic mass is 32.2. The summed E-state index contributed by atoms with van der Waals surface area (Å²) in [5.41, 5.74) is 7.02. The van der Waals surface area contributed by atoms with Crippen molar-refractivity contribution in [3.05, 3.63) is 84.1 Å². The maximum absolute atomic E-state index is 12.8. The molecule has 4 aromatic rings. The van der Waals surface area contributed by atoms with Gasteiger partial charge in [0.25, 0.3) is 0 Å². The maximum Gasteiger partial charge on any atom is 0.237 e. The molecule has 1 atom stereocenters. The minimum Gasteiger partial charge on any atom is -0.464 e. The molecule has 0 aliphatic rings. The van der Waals surface area contributed by atoms with Gasteiger partial charge >= 0.3 is 0 Å². The molecule has 0 bridgehead atoms. The molecule has 4 rings (SSSR count). The molecule has 0 fully saturated rings. The molecule has 8 nitrogen and oxygen atoms in total. The zero-order chi connectivity index (χ0) is 24.8. The molecule has 1 amide bonds. The van der Waals surface area contributed by atoms with Crippen molar-refractivity contribution in [2.24, 2.45) is 0 Å². The average molecular weight is 482 g/mol. The van der Waals surface area contributed by atoms with Crippen LogP contribution in [0.5, 0.6) is 11.5 Å². The molecule has 0 radical (unpaired) electrons. The summed E-state index contributed by atoms with van der Waals surface area (Å²) in [7, 11) is 0. The number of rotatable bonds is 7. The summed E-state index contributed by atoms with van der Waals surface area (Å²) in [5.74, 6) is 1.34. The lowest BCUT2D eigenvalue weighted by atomic mass is 10.0. The number of pyridine rings is 1. The van der Waals surface area contributed by atoms with Crippen molar-refractivity contribution in [1.29, 1.82) is 10.5 Å². The number of carbonyl (C=O) groups is 1. The van der Waals surface area contributed by atoms with Crippen LogP contribution in [-0.4, -0.2) is 16.1 Å². The zero-order valence-electron chi connectivity index (χ0n) is 18.6. The van der Waals surface area contributed by atoms with Crippen LogP contribution in [0.2, 0.25) is 0 Å². The maximum atomic E-state index is 12.8. The number of nitrogens with zero attached hydrogens (tertiary/aromatic N) is 3. The summed E-state index contributed by atoms with van der Waals surface area (Å²) >= 11 is 1.07. The fraction of sp³-hybridized carbons (Fsp3) is 0.0769. The lowest BCUT2D eigenvalue weighted by Gasteiger charge is -2.15. The Morgan fingerprint density at radius 3 is 2.34 bits per heavy atom. The first-order chi connectivity index (χ1) is 17.0. The van der Waals surface area contributed by atoms with Crippen molar-refractivity contribution in [3.8, 4) is 35.0 Å². The van der Waals surface area contributed by atoms with Gasteiger partial charge < -0.3 is 20.2 Å². The number of para-hydroxylation sites is 1. The molecule has 0 spiro atoms. The Balaban J connectivity index is 1.50. The number of amides is 1. The van der Waals surface area contributed by atoms with E-state index in [4.69, 9.17) is 14.9 Å². The minimum atomic E-state index is -0.619. The molecular formula is C26H19N5O3S. The molecular weight excluding hydrogens is 462 g/mol. The second-order valence-electron chi connectivity index (χ2n) is 7.32. The van der Waals surface area contributed by atoms with Gasteiger partial charge in [0.05, 0.1) is 22.6 Å². The van der Waals surface area contributed by atoms with Crippen molar-refractivity contribution in [2.45, 2.75) is 17.2 Å². The minimum absolute atomic E-state index is 0.0398. The molecule has 172 valence electrons. The molecule has 0 saturated heterocycles. The van der Waals surface area contributed by atoms with Crippen LogP contribution in [0.15, 0.2) is 82.4 Å². The van der Waals surface area contributed by atoms with Gasteiger partial charge in [-0.2, -0.15) is 10.5 Å². The van der Waals surface area contributed by atoms with Crippen LogP contribution in [0.1, 0.15) is 18.1 Å². The lowest BCUT2D eigenvalue weighted by Crippen LogP contribution is -2.22. The second kappa shape index (κ2) is 10.5. The number of aromatic nitrogens is 1. The summed E-state index contributed by atoms with van der Waals surface area (Å²) in [6.07, 6.45) is 1.44. The Labute approximate surface area is 206 Å². The van der Waals surface area contributed by atoms with E-state index >= 15 is 0 Å². The number of hydrogen-bond acceptors (Lipinski definition) is 8. The zero-order valence-corrected chi connectivity index (χ0v) is 19.4. The SMILES string of the molecule is CC(Sc1nc(N)c(C#N)c(-c2ccco2)c1C#N)C(=O)Nc1ccc(Oc2ccccc2)cc1. The van der Waals surface area contributed by atoms with Crippen molar-refractivity contribution in [1.82, 2.24) is 4.98 Å². The fourth-order valence-electron chi connectivity index (χ4n) is 3.25. The third kappa shape index (κ3) is 5.27. The standard InChI is InChI=1S/C26H19N5O3S/c1-16(25(32)30-17-9-11-19(12-10-17)34-18-6-3-2-4-7-18)35-26-21(15-28)23(22-8-5-13-33-22)20(14-27)24(29)31-26/h2-13,16H,1H3,(H2,29,31)(H,30,32). The first-order valence-electron chi connectivity index (χ1n) is 10.5. The Morgan fingerprint density at radius 2 is 1.71 bits per heavy atom. The average Bonchev–Trinajstić information content (AvgIpc) is 3.40. The summed E-state index contributed by atoms with van der Waals surface area (Å²) in [5, 5.41) is 21.8. The Hall–Kier alpha value is -4.73. The van der Waals surface area contributed by atoms with E-state index in [1.54, 1.807) is 43.3 Å². The molecule has 0 aliphatic heterocycles. The van der Waals surface area contributed by atoms with Crippen LogP contribution in [0.25, 0.3) is 11.3 Å². The number of thioether (sulfide) groups is 1. The van der Waals surface area contributed by atoms with E-state index in [0.717, 1.165) is 11.8 Å². The van der Waals surface area contributed by atoms with E-state index in [0.29, 0.717) is 22.9 Å². The quantitative estimate of drug-likeness (QED) is 0.326. The first-order valence-corrected chi connectivity index (χ1v) is 11.4. The largest absolute Gasteiger partial charge is 0.464 e. The van der Waals surface area contributed by atoms with Gasteiger partial charge in [0, 0.05) is 5.69 Å². The third-order valence-electron chi connectivity index (χ3n) is 4.94. The van der Waals surface area contributed by atoms with Crippen LogP contribution in [-0.2, 0) is 4.79 Å². The van der Waals surface area contributed by atoms with Crippen LogP contribution in [0, 0.1) is 22.7 Å². The van der Waals surface area contributed by atoms with Gasteiger partial charge in [-0.25, -0.2) is 4.98 Å². The van der Waals surface area contributed by atoms with E-state index in [1.807, 2.05) is 36.4 Å². The van der Waals surface area contributed by atoms with E-state index in [9.17, 15) is 15.3 Å². The van der Waals surface area contributed by atoms with Crippen molar-refractivity contribution >= 4 is 29.2 Å². The molecule has 3 N–H and O–H groups in total. The summed E-state index contributed by atoms with van der Waals surface area (Å²) < 4.78 is 11.2. The molecule has 1 unspecified atom stereocenters. The predicted molar refractivity (Wildman–Crippen MR) is 133 cm³/mol. The number of nitriles is 2. The van der Waals surface area contributed by atoms with Crippen LogP contribution >= 0.6 is 11.8 Å². The number of nitrogen functional groups attached to an aromatic ring is 1. The van der Waals surface area contributed by atoms with E-state index in [2.05, 4.69) is 16.4 Å². The van der Waals surface area contributed by atoms with Crippen LogP contribution < -0.4 is 15.8 Å². The molecule has 2 aromatic carbocycles. The highest BCUT2D eigenvalue weighted by Gasteiger charge is 2.25. The number of anilines is 2. The Kier molecular flexibility index (Phi) is 7.01. The highest BCUT2D eigenvalue weighted by Crippen LogP contribution is 2.37. The lowest BCUT2D eigenvalue weighted by molar-refractivity contribution is -0.115. The highest BCUT2D eigenvalue weighted by molar-refractivity contribution is 8.00. The van der Waals surface area contributed by atoms with Gasteiger partial charge in [-0.3, -0.25) is 4.79 Å². The molecule has 9 heteroatoms. The van der Waals surface area contributed by atoms with Gasteiger partial charge in [-0.15, -0.1) is 0 Å². The number of nitrogens with one attached hydrogen (secondary N) is 1. The van der Waals surface area contributed by atoms with Crippen LogP contribution in [0.4, 0.5) is 11.5 Å². The summed E-state index contributed by atoms with van der Waals surface area (Å²) in [6.45, 7) is 1.69. The van der Waals surface area contributed by atoms with E-state index in [-0.39, 0.29) is 33.4 Å². The number of carbonyl (C=O) groups excluding carboxylic acids is 1. The third-order valence-corrected chi connectivity index (χ3v) is 6.03. The Morgan fingerprint density at radius 1 is 1.03 bits per heavy atom. The number of benzene rings is 2. The molecule has 2 aromatic heterocycles.